The number of hydrogen-bond donors (Lipinski definition) is 1. The molecule has 1 aliphatic carbocycles. The van der Waals surface area contributed by atoms with Crippen LogP contribution in [0.4, 0.5) is 5.69 Å². The van der Waals surface area contributed by atoms with Crippen molar-refractivity contribution in [2.75, 3.05) is 18.5 Å². The highest BCUT2D eigenvalue weighted by Crippen LogP contribution is 2.38. The molecule has 1 N–H and O–H groups in total. The number of carbonyl (C=O) groups excluding carboxylic acids is 1. The fourth-order valence-electron chi connectivity index (χ4n) is 3.28. The highest BCUT2D eigenvalue weighted by Gasteiger charge is 2.41. The van der Waals surface area contributed by atoms with E-state index in [-0.39, 0.29) is 11.8 Å². The molecule has 1 amide bonds. The molecule has 1 saturated carbocycles. The number of thiazole rings is 1. The lowest BCUT2D eigenvalue weighted by Crippen LogP contribution is -2.38. The summed E-state index contributed by atoms with van der Waals surface area (Å²) in [4.78, 5) is 16.7. The Hall–Kier alpha value is -1.50. The van der Waals surface area contributed by atoms with Crippen molar-refractivity contribution in [2.45, 2.75) is 31.5 Å². The van der Waals surface area contributed by atoms with E-state index in [1.165, 1.54) is 0 Å². The molecule has 0 radical (unpaired) electrons. The Bertz CT molecular complexity index is 684. The van der Waals surface area contributed by atoms with Gasteiger partial charge in [-0.05, 0) is 31.0 Å². The fourth-order valence-corrected chi connectivity index (χ4v) is 4.00. The van der Waals surface area contributed by atoms with Gasteiger partial charge in [-0.3, -0.25) is 4.79 Å². The number of ether oxygens (including phenoxy) is 2. The second kappa shape index (κ2) is 5.61. The minimum absolute atomic E-state index is 0.0376. The van der Waals surface area contributed by atoms with Crippen LogP contribution in [-0.2, 0) is 14.3 Å². The smallest absolute Gasteiger partial charge is 0.227 e. The van der Waals surface area contributed by atoms with Crippen molar-refractivity contribution in [1.82, 2.24) is 4.98 Å². The van der Waals surface area contributed by atoms with Gasteiger partial charge in [0, 0.05) is 24.4 Å². The number of fused-ring (bicyclic) bond motifs is 1. The summed E-state index contributed by atoms with van der Waals surface area (Å²) in [5.74, 6) is -0.273. The third kappa shape index (κ3) is 2.62. The van der Waals surface area contributed by atoms with Crippen LogP contribution in [0.3, 0.4) is 0 Å². The van der Waals surface area contributed by atoms with Gasteiger partial charge < -0.3 is 14.8 Å². The van der Waals surface area contributed by atoms with Gasteiger partial charge in [0.2, 0.25) is 5.91 Å². The Morgan fingerprint density at radius 1 is 1.27 bits per heavy atom. The summed E-state index contributed by atoms with van der Waals surface area (Å²) in [7, 11) is 0. The number of amides is 1. The number of nitrogens with zero attached hydrogens (tertiary/aromatic N) is 1. The molecule has 22 heavy (non-hydrogen) atoms. The SMILES string of the molecule is O=C(Nc1ccc2ncsc2c1)C1CCC2(CC1)OCCO2. The number of rotatable bonds is 2. The van der Waals surface area contributed by atoms with Gasteiger partial charge in [0.1, 0.15) is 0 Å². The molecular weight excluding hydrogens is 300 g/mol. The van der Waals surface area contributed by atoms with Gasteiger partial charge in [0.15, 0.2) is 5.79 Å². The average molecular weight is 318 g/mol. The summed E-state index contributed by atoms with van der Waals surface area (Å²) in [5, 5.41) is 3.03. The molecule has 2 fully saturated rings. The standard InChI is InChI=1S/C16H18N2O3S/c19-15(11-3-5-16(6-4-11)20-7-8-21-16)18-12-1-2-13-14(9-12)22-10-17-13/h1-2,9-11H,3-8H2,(H,18,19). The van der Waals surface area contributed by atoms with Gasteiger partial charge >= 0.3 is 0 Å². The van der Waals surface area contributed by atoms with Gasteiger partial charge in [-0.25, -0.2) is 4.98 Å². The zero-order valence-electron chi connectivity index (χ0n) is 12.2. The van der Waals surface area contributed by atoms with Crippen LogP contribution in [0.15, 0.2) is 23.7 Å². The summed E-state index contributed by atoms with van der Waals surface area (Å²) >= 11 is 1.58. The zero-order valence-corrected chi connectivity index (χ0v) is 13.0. The fraction of sp³-hybridized carbons (Fsp3) is 0.500. The predicted octanol–water partition coefficient (Wildman–Crippen LogP) is 3.17. The molecule has 1 aliphatic heterocycles. The van der Waals surface area contributed by atoms with Gasteiger partial charge in [-0.1, -0.05) is 0 Å². The normalized spacial score (nSPS) is 21.5. The Morgan fingerprint density at radius 2 is 2.05 bits per heavy atom. The summed E-state index contributed by atoms with van der Waals surface area (Å²) in [5.41, 5.74) is 3.63. The van der Waals surface area contributed by atoms with Crippen LogP contribution in [0.5, 0.6) is 0 Å². The lowest BCUT2D eigenvalue weighted by atomic mass is 9.84. The molecule has 2 heterocycles. The maximum atomic E-state index is 12.4. The van der Waals surface area contributed by atoms with Crippen LogP contribution in [0.25, 0.3) is 10.2 Å². The molecule has 0 bridgehead atoms. The predicted molar refractivity (Wildman–Crippen MR) is 84.8 cm³/mol. The molecule has 1 aromatic carbocycles. The van der Waals surface area contributed by atoms with Gasteiger partial charge in [-0.15, -0.1) is 11.3 Å². The van der Waals surface area contributed by atoms with E-state index in [1.807, 2.05) is 23.7 Å². The first kappa shape index (κ1) is 14.1. The molecule has 4 rings (SSSR count). The lowest BCUT2D eigenvalue weighted by molar-refractivity contribution is -0.182. The Morgan fingerprint density at radius 3 is 2.82 bits per heavy atom. The second-order valence-corrected chi connectivity index (χ2v) is 6.79. The lowest BCUT2D eigenvalue weighted by Gasteiger charge is -2.34. The monoisotopic (exact) mass is 318 g/mol. The second-order valence-electron chi connectivity index (χ2n) is 5.91. The van der Waals surface area contributed by atoms with E-state index in [0.717, 1.165) is 41.6 Å². The number of hydrogen-bond acceptors (Lipinski definition) is 5. The summed E-state index contributed by atoms with van der Waals surface area (Å²) in [6.45, 7) is 1.34. The van der Waals surface area contributed by atoms with Crippen LogP contribution in [0.1, 0.15) is 25.7 Å². The Kier molecular flexibility index (Phi) is 3.60. The molecule has 5 nitrogen and oxygen atoms in total. The largest absolute Gasteiger partial charge is 0.348 e. The molecule has 116 valence electrons. The first-order chi connectivity index (χ1) is 10.7. The third-order valence-electron chi connectivity index (χ3n) is 4.53. The summed E-state index contributed by atoms with van der Waals surface area (Å²) in [6, 6.07) is 5.84. The van der Waals surface area contributed by atoms with Crippen LogP contribution >= 0.6 is 11.3 Å². The van der Waals surface area contributed by atoms with E-state index in [4.69, 9.17) is 9.47 Å². The van der Waals surface area contributed by atoms with E-state index in [0.29, 0.717) is 13.2 Å². The van der Waals surface area contributed by atoms with Crippen molar-refractivity contribution in [1.29, 1.82) is 0 Å². The molecule has 0 atom stereocenters. The van der Waals surface area contributed by atoms with Crippen LogP contribution in [0.2, 0.25) is 0 Å². The topological polar surface area (TPSA) is 60.5 Å². The summed E-state index contributed by atoms with van der Waals surface area (Å²) < 4.78 is 12.5. The highest BCUT2D eigenvalue weighted by atomic mass is 32.1. The summed E-state index contributed by atoms with van der Waals surface area (Å²) in [6.07, 6.45) is 3.24. The first-order valence-corrected chi connectivity index (χ1v) is 8.54. The van der Waals surface area contributed by atoms with E-state index >= 15 is 0 Å². The van der Waals surface area contributed by atoms with E-state index in [9.17, 15) is 4.79 Å². The third-order valence-corrected chi connectivity index (χ3v) is 5.32. The van der Waals surface area contributed by atoms with Crippen LogP contribution in [0, 0.1) is 5.92 Å². The quantitative estimate of drug-likeness (QED) is 0.924. The van der Waals surface area contributed by atoms with Crippen molar-refractivity contribution in [2.24, 2.45) is 5.92 Å². The molecule has 2 aromatic rings. The zero-order chi connectivity index (χ0) is 15.0. The van der Waals surface area contributed by atoms with E-state index < -0.39 is 5.79 Å². The Balaban J connectivity index is 1.40. The highest BCUT2D eigenvalue weighted by molar-refractivity contribution is 7.16. The van der Waals surface area contributed by atoms with E-state index in [1.54, 1.807) is 11.3 Å². The van der Waals surface area contributed by atoms with Crippen molar-refractivity contribution in [3.8, 4) is 0 Å². The molecule has 1 spiro atoms. The molecule has 2 aliphatic rings. The maximum Gasteiger partial charge on any atom is 0.227 e. The average Bonchev–Trinajstić information content (AvgIpc) is 3.17. The number of anilines is 1. The van der Waals surface area contributed by atoms with Crippen molar-refractivity contribution < 1.29 is 14.3 Å². The van der Waals surface area contributed by atoms with Crippen LogP contribution < -0.4 is 5.32 Å². The van der Waals surface area contributed by atoms with Crippen molar-refractivity contribution in [3.05, 3.63) is 23.7 Å². The van der Waals surface area contributed by atoms with Gasteiger partial charge in [0.05, 0.1) is 28.9 Å². The molecule has 1 aromatic heterocycles. The molecule has 6 heteroatoms. The molecule has 0 unspecified atom stereocenters. The number of aromatic nitrogens is 1. The first-order valence-electron chi connectivity index (χ1n) is 7.66. The maximum absolute atomic E-state index is 12.4. The van der Waals surface area contributed by atoms with E-state index in [2.05, 4.69) is 10.3 Å². The Labute approximate surface area is 132 Å². The minimum atomic E-state index is -0.404. The minimum Gasteiger partial charge on any atom is -0.348 e. The molecule has 1 saturated heterocycles. The van der Waals surface area contributed by atoms with Gasteiger partial charge in [0.25, 0.3) is 0 Å². The number of carbonyl (C=O) groups is 1. The van der Waals surface area contributed by atoms with Crippen molar-refractivity contribution >= 4 is 33.1 Å². The van der Waals surface area contributed by atoms with Gasteiger partial charge in [-0.2, -0.15) is 0 Å². The number of nitrogens with one attached hydrogen (secondary N) is 1. The van der Waals surface area contributed by atoms with Crippen LogP contribution in [-0.4, -0.2) is 29.9 Å². The number of benzene rings is 1. The molecular formula is C16H18N2O3S. The van der Waals surface area contributed by atoms with Crippen molar-refractivity contribution in [3.63, 3.8) is 0 Å².